The van der Waals surface area contributed by atoms with Gasteiger partial charge in [-0.25, -0.2) is 9.67 Å². The Morgan fingerprint density at radius 3 is 2.66 bits per heavy atom. The molecule has 2 heterocycles. The Bertz CT molecular complexity index is 1320. The molecule has 0 unspecified atom stereocenters. The third kappa shape index (κ3) is 5.88. The summed E-state index contributed by atoms with van der Waals surface area (Å²) >= 11 is 5.93. The monoisotopic (exact) mass is 492 g/mol. The second-order valence-electron chi connectivity index (χ2n) is 7.77. The molecule has 0 spiro atoms. The van der Waals surface area contributed by atoms with E-state index in [-0.39, 0.29) is 12.5 Å². The molecule has 0 saturated carbocycles. The Balaban J connectivity index is 1.43. The van der Waals surface area contributed by atoms with Crippen molar-refractivity contribution in [1.82, 2.24) is 25.3 Å². The number of nitrogens with one attached hydrogen (secondary N) is 2. The van der Waals surface area contributed by atoms with Gasteiger partial charge in [-0.05, 0) is 48.4 Å². The number of pyridine rings is 1. The Hall–Kier alpha value is -4.11. The van der Waals surface area contributed by atoms with Gasteiger partial charge >= 0.3 is 0 Å². The molecule has 9 nitrogen and oxygen atoms in total. The lowest BCUT2D eigenvalue weighted by Gasteiger charge is -2.15. The summed E-state index contributed by atoms with van der Waals surface area (Å²) in [6.45, 7) is 2.70. The fourth-order valence-electron chi connectivity index (χ4n) is 3.59. The Labute approximate surface area is 208 Å². The van der Waals surface area contributed by atoms with E-state index in [2.05, 4.69) is 25.9 Å². The summed E-state index contributed by atoms with van der Waals surface area (Å²) in [6.07, 6.45) is 3.42. The lowest BCUT2D eigenvalue weighted by molar-refractivity contribution is 0.0951. The number of hydrogen-bond acceptors (Lipinski definition) is 7. The first-order valence-electron chi connectivity index (χ1n) is 10.8. The number of aromatic nitrogens is 4. The van der Waals surface area contributed by atoms with Crippen LogP contribution in [-0.2, 0) is 13.1 Å². The van der Waals surface area contributed by atoms with Crippen LogP contribution in [-0.4, -0.2) is 40.1 Å². The van der Waals surface area contributed by atoms with Crippen molar-refractivity contribution in [2.24, 2.45) is 0 Å². The second-order valence-corrected chi connectivity index (χ2v) is 8.21. The van der Waals surface area contributed by atoms with E-state index in [1.165, 1.54) is 0 Å². The fourth-order valence-corrected chi connectivity index (χ4v) is 3.72. The number of ether oxygens (including phenoxy) is 2. The first-order valence-corrected chi connectivity index (χ1v) is 11.2. The number of benzene rings is 2. The number of methoxy groups -OCH3 is 2. The Morgan fingerprint density at radius 2 is 1.91 bits per heavy atom. The van der Waals surface area contributed by atoms with Crippen molar-refractivity contribution in [2.45, 2.75) is 20.0 Å². The van der Waals surface area contributed by atoms with E-state index in [4.69, 9.17) is 21.1 Å². The molecule has 1 amide bonds. The molecule has 0 radical (unpaired) electrons. The summed E-state index contributed by atoms with van der Waals surface area (Å²) in [5.41, 5.74) is 3.69. The first kappa shape index (κ1) is 24.0. The highest BCUT2D eigenvalue weighted by Crippen LogP contribution is 2.35. The SMILES string of the molecule is COc1cc(Nc2ncccc2C(=O)NCc2cn(Cc3ccc(Cl)cc3)nn2)cc(C)c1OC. The van der Waals surface area contributed by atoms with Crippen molar-refractivity contribution in [3.8, 4) is 11.5 Å². The van der Waals surface area contributed by atoms with Crippen molar-refractivity contribution in [3.63, 3.8) is 0 Å². The number of halogens is 1. The molecule has 0 aliphatic heterocycles. The molecule has 2 aromatic carbocycles. The summed E-state index contributed by atoms with van der Waals surface area (Å²) in [5, 5.41) is 15.0. The van der Waals surface area contributed by atoms with Crippen LogP contribution in [0.2, 0.25) is 5.02 Å². The number of amides is 1. The van der Waals surface area contributed by atoms with Crippen molar-refractivity contribution in [2.75, 3.05) is 19.5 Å². The van der Waals surface area contributed by atoms with Crippen LogP contribution in [0.3, 0.4) is 0 Å². The summed E-state index contributed by atoms with van der Waals surface area (Å²) in [5.74, 6) is 1.37. The average molecular weight is 493 g/mol. The van der Waals surface area contributed by atoms with E-state index in [1.54, 1.807) is 49.5 Å². The van der Waals surface area contributed by atoms with E-state index >= 15 is 0 Å². The molecular weight excluding hydrogens is 468 g/mol. The normalized spacial score (nSPS) is 10.6. The minimum absolute atomic E-state index is 0.225. The number of nitrogens with zero attached hydrogens (tertiary/aromatic N) is 4. The zero-order chi connectivity index (χ0) is 24.8. The molecule has 2 N–H and O–H groups in total. The van der Waals surface area contributed by atoms with Crippen molar-refractivity contribution in [3.05, 3.63) is 88.3 Å². The molecule has 0 aliphatic rings. The fraction of sp³-hybridized carbons (Fsp3) is 0.200. The molecule has 0 atom stereocenters. The third-order valence-corrected chi connectivity index (χ3v) is 5.51. The number of carbonyl (C=O) groups is 1. The number of aryl methyl sites for hydroxylation is 1. The van der Waals surface area contributed by atoms with Crippen LogP contribution in [0.15, 0.2) is 60.9 Å². The highest BCUT2D eigenvalue weighted by Gasteiger charge is 2.15. The molecular formula is C25H25ClN6O3. The molecule has 10 heteroatoms. The van der Waals surface area contributed by atoms with Crippen LogP contribution in [0.4, 0.5) is 11.5 Å². The molecule has 0 bridgehead atoms. The molecule has 0 saturated heterocycles. The maximum Gasteiger partial charge on any atom is 0.255 e. The van der Waals surface area contributed by atoms with Crippen LogP contribution < -0.4 is 20.1 Å². The largest absolute Gasteiger partial charge is 0.493 e. The predicted octanol–water partition coefficient (Wildman–Crippen LogP) is 4.37. The van der Waals surface area contributed by atoms with E-state index in [9.17, 15) is 4.79 Å². The van der Waals surface area contributed by atoms with Crippen molar-refractivity contribution < 1.29 is 14.3 Å². The highest BCUT2D eigenvalue weighted by molar-refractivity contribution is 6.30. The van der Waals surface area contributed by atoms with Crippen LogP contribution in [0.5, 0.6) is 11.5 Å². The van der Waals surface area contributed by atoms with Crippen molar-refractivity contribution in [1.29, 1.82) is 0 Å². The lowest BCUT2D eigenvalue weighted by atomic mass is 10.1. The quantitative estimate of drug-likeness (QED) is 0.357. The van der Waals surface area contributed by atoms with Gasteiger partial charge in [0.1, 0.15) is 11.5 Å². The van der Waals surface area contributed by atoms with Gasteiger partial charge in [-0.15, -0.1) is 5.10 Å². The van der Waals surface area contributed by atoms with Gasteiger partial charge in [0.25, 0.3) is 5.91 Å². The summed E-state index contributed by atoms with van der Waals surface area (Å²) in [7, 11) is 3.17. The van der Waals surface area contributed by atoms with Gasteiger partial charge in [-0.3, -0.25) is 4.79 Å². The van der Waals surface area contributed by atoms with Gasteiger partial charge in [0.2, 0.25) is 0 Å². The summed E-state index contributed by atoms with van der Waals surface area (Å²) < 4.78 is 12.5. The third-order valence-electron chi connectivity index (χ3n) is 5.25. The smallest absolute Gasteiger partial charge is 0.255 e. The van der Waals surface area contributed by atoms with E-state index < -0.39 is 0 Å². The standard InChI is InChI=1S/C25H25ClN6O3/c1-16-11-19(12-22(34-2)23(16)35-3)29-24-21(5-4-10-27-24)25(33)28-13-20-15-32(31-30-20)14-17-6-8-18(26)9-7-17/h4-12,15H,13-14H2,1-3H3,(H,27,29)(H,28,33). The Kier molecular flexibility index (Phi) is 7.47. The van der Waals surface area contributed by atoms with Crippen LogP contribution >= 0.6 is 11.6 Å². The molecule has 35 heavy (non-hydrogen) atoms. The molecule has 4 rings (SSSR count). The van der Waals surface area contributed by atoms with Gasteiger partial charge < -0.3 is 20.1 Å². The van der Waals surface area contributed by atoms with Crippen LogP contribution in [0, 0.1) is 6.92 Å². The second kappa shape index (κ2) is 10.9. The minimum Gasteiger partial charge on any atom is -0.493 e. The van der Waals surface area contributed by atoms with Gasteiger partial charge in [-0.2, -0.15) is 0 Å². The zero-order valence-electron chi connectivity index (χ0n) is 19.6. The Morgan fingerprint density at radius 1 is 1.11 bits per heavy atom. The number of rotatable bonds is 9. The molecule has 180 valence electrons. The van der Waals surface area contributed by atoms with Crippen molar-refractivity contribution >= 4 is 29.0 Å². The van der Waals surface area contributed by atoms with Gasteiger partial charge in [0, 0.05) is 23.0 Å². The van der Waals surface area contributed by atoms with E-state index in [0.29, 0.717) is 40.1 Å². The number of anilines is 2. The first-order chi connectivity index (χ1) is 17.0. The van der Waals surface area contributed by atoms with E-state index in [1.807, 2.05) is 37.3 Å². The van der Waals surface area contributed by atoms with Gasteiger partial charge in [0.05, 0.1) is 39.1 Å². The maximum absolute atomic E-state index is 12.9. The van der Waals surface area contributed by atoms with Gasteiger partial charge in [-0.1, -0.05) is 28.9 Å². The molecule has 0 fully saturated rings. The predicted molar refractivity (Wildman–Crippen MR) is 134 cm³/mol. The van der Waals surface area contributed by atoms with Gasteiger partial charge in [0.15, 0.2) is 11.5 Å². The molecule has 0 aliphatic carbocycles. The molecule has 4 aromatic rings. The zero-order valence-corrected chi connectivity index (χ0v) is 20.3. The van der Waals surface area contributed by atoms with E-state index in [0.717, 1.165) is 16.8 Å². The number of carbonyl (C=O) groups excluding carboxylic acids is 1. The lowest BCUT2D eigenvalue weighted by Crippen LogP contribution is -2.24. The minimum atomic E-state index is -0.287. The highest BCUT2D eigenvalue weighted by atomic mass is 35.5. The number of hydrogen-bond donors (Lipinski definition) is 2. The topological polar surface area (TPSA) is 103 Å². The van der Waals surface area contributed by atoms with Crippen LogP contribution in [0.25, 0.3) is 0 Å². The molecule has 2 aromatic heterocycles. The summed E-state index contributed by atoms with van der Waals surface area (Å²) in [6, 6.07) is 14.6. The maximum atomic E-state index is 12.9. The summed E-state index contributed by atoms with van der Waals surface area (Å²) in [4.78, 5) is 17.3. The average Bonchev–Trinajstić information content (AvgIpc) is 3.31. The van der Waals surface area contributed by atoms with Crippen LogP contribution in [0.1, 0.15) is 27.2 Å².